The molecule has 0 fully saturated rings. The summed E-state index contributed by atoms with van der Waals surface area (Å²) >= 11 is 0. The maximum Gasteiger partial charge on any atom is 0.336 e. The molecule has 1 aliphatic heterocycles. The maximum atomic E-state index is 12.2. The van der Waals surface area contributed by atoms with Crippen LogP contribution in [0.25, 0.3) is 11.0 Å². The van der Waals surface area contributed by atoms with Gasteiger partial charge in [0, 0.05) is 11.6 Å². The van der Waals surface area contributed by atoms with Gasteiger partial charge in [-0.2, -0.15) is 0 Å². The Labute approximate surface area is 153 Å². The molecule has 1 unspecified atom stereocenters. The number of aliphatic hydroxyl groups is 1. The number of fused-ring (bicyclic) bond motifs is 3. The lowest BCUT2D eigenvalue weighted by Crippen LogP contribution is -2.33. The molecule has 0 spiro atoms. The number of benzene rings is 1. The lowest BCUT2D eigenvalue weighted by molar-refractivity contribution is 0.0851. The number of hydrogen-bond acceptors (Lipinski definition) is 5. The quantitative estimate of drug-likeness (QED) is 0.805. The van der Waals surface area contributed by atoms with Crippen molar-refractivity contribution in [3.8, 4) is 11.5 Å². The monoisotopic (exact) mass is 360 g/mol. The lowest BCUT2D eigenvalue weighted by atomic mass is 9.87. The van der Waals surface area contributed by atoms with E-state index in [1.807, 2.05) is 6.92 Å². The fourth-order valence-corrected chi connectivity index (χ4v) is 3.80. The molecule has 0 bridgehead atoms. The highest BCUT2D eigenvalue weighted by atomic mass is 16.5. The molecule has 142 valence electrons. The predicted molar refractivity (Wildman–Crippen MR) is 101 cm³/mol. The summed E-state index contributed by atoms with van der Waals surface area (Å²) in [6.45, 7) is 8.08. The van der Waals surface area contributed by atoms with E-state index < -0.39 is 11.7 Å². The van der Waals surface area contributed by atoms with Crippen LogP contribution in [0.4, 0.5) is 0 Å². The highest BCUT2D eigenvalue weighted by Crippen LogP contribution is 2.49. The van der Waals surface area contributed by atoms with Crippen LogP contribution in [0, 0.1) is 0 Å². The van der Waals surface area contributed by atoms with Gasteiger partial charge >= 0.3 is 5.63 Å². The van der Waals surface area contributed by atoms with E-state index >= 15 is 0 Å². The smallest absolute Gasteiger partial charge is 0.336 e. The van der Waals surface area contributed by atoms with E-state index in [1.54, 1.807) is 13.2 Å². The number of ether oxygens (including phenoxy) is 2. The molecule has 0 aliphatic carbocycles. The molecule has 3 rings (SSSR count). The minimum absolute atomic E-state index is 0.310. The number of hydrogen-bond donors (Lipinski definition) is 1. The Kier molecular flexibility index (Phi) is 5.02. The summed E-state index contributed by atoms with van der Waals surface area (Å²) in [6.07, 6.45) is 3.01. The Hall–Kier alpha value is -2.01. The molecular weight excluding hydrogens is 332 g/mol. The van der Waals surface area contributed by atoms with Gasteiger partial charge in [0.2, 0.25) is 0 Å². The topological polar surface area (TPSA) is 68.9 Å². The normalized spacial score (nSPS) is 16.8. The zero-order valence-electron chi connectivity index (χ0n) is 16.3. The van der Waals surface area contributed by atoms with Crippen molar-refractivity contribution in [1.29, 1.82) is 0 Å². The third-order valence-corrected chi connectivity index (χ3v) is 5.11. The van der Waals surface area contributed by atoms with Gasteiger partial charge in [-0.3, -0.25) is 0 Å². The highest BCUT2D eigenvalue weighted by Gasteiger charge is 2.35. The number of aryl methyl sites for hydroxylation is 1. The van der Waals surface area contributed by atoms with Crippen molar-refractivity contribution in [3.05, 3.63) is 33.2 Å². The first-order chi connectivity index (χ1) is 12.3. The van der Waals surface area contributed by atoms with E-state index in [9.17, 15) is 9.90 Å². The van der Waals surface area contributed by atoms with Crippen LogP contribution in [0.1, 0.15) is 69.8 Å². The Morgan fingerprint density at radius 2 is 2.08 bits per heavy atom. The standard InChI is InChI=1S/C21H28O5/c1-6-8-12-11-15(23)25-20-16(12)19-13(9-10-21(3,4)26-19)18(24-5)17(20)14(22)7-2/h11,14,22H,6-10H2,1-5H3. The van der Waals surface area contributed by atoms with Gasteiger partial charge in [-0.25, -0.2) is 4.79 Å². The molecule has 5 heteroatoms. The Morgan fingerprint density at radius 3 is 2.69 bits per heavy atom. The molecule has 0 radical (unpaired) electrons. The zero-order valence-corrected chi connectivity index (χ0v) is 16.3. The second-order valence-corrected chi connectivity index (χ2v) is 7.59. The molecule has 1 atom stereocenters. The van der Waals surface area contributed by atoms with Crippen LogP contribution >= 0.6 is 0 Å². The minimum Gasteiger partial charge on any atom is -0.496 e. The summed E-state index contributed by atoms with van der Waals surface area (Å²) in [5.74, 6) is 1.31. The van der Waals surface area contributed by atoms with Crippen molar-refractivity contribution in [2.75, 3.05) is 7.11 Å². The van der Waals surface area contributed by atoms with E-state index in [1.165, 1.54) is 0 Å². The van der Waals surface area contributed by atoms with Crippen LogP contribution in [0.3, 0.4) is 0 Å². The fourth-order valence-electron chi connectivity index (χ4n) is 3.80. The van der Waals surface area contributed by atoms with Crippen molar-refractivity contribution >= 4 is 11.0 Å². The number of aliphatic hydroxyl groups excluding tert-OH is 1. The molecule has 1 aromatic carbocycles. The highest BCUT2D eigenvalue weighted by molar-refractivity contribution is 5.93. The van der Waals surface area contributed by atoms with Gasteiger partial charge in [-0.05, 0) is 45.1 Å². The Morgan fingerprint density at radius 1 is 1.35 bits per heavy atom. The van der Waals surface area contributed by atoms with Gasteiger partial charge in [0.15, 0.2) is 5.58 Å². The Balaban J connectivity index is 2.49. The van der Waals surface area contributed by atoms with E-state index in [2.05, 4.69) is 20.8 Å². The van der Waals surface area contributed by atoms with Crippen LogP contribution < -0.4 is 15.1 Å². The van der Waals surface area contributed by atoms with Crippen LogP contribution in [-0.4, -0.2) is 17.8 Å². The van der Waals surface area contributed by atoms with Crippen LogP contribution in [0.15, 0.2) is 15.3 Å². The van der Waals surface area contributed by atoms with Crippen LogP contribution in [0.5, 0.6) is 11.5 Å². The average Bonchev–Trinajstić information content (AvgIpc) is 2.58. The van der Waals surface area contributed by atoms with E-state index in [4.69, 9.17) is 13.9 Å². The average molecular weight is 360 g/mol. The van der Waals surface area contributed by atoms with E-state index in [0.717, 1.165) is 47.9 Å². The van der Waals surface area contributed by atoms with Crippen molar-refractivity contribution in [1.82, 2.24) is 0 Å². The second kappa shape index (κ2) is 6.95. The molecule has 5 nitrogen and oxygen atoms in total. The summed E-state index contributed by atoms with van der Waals surface area (Å²) < 4.78 is 17.6. The molecular formula is C21H28O5. The van der Waals surface area contributed by atoms with Gasteiger partial charge in [0.1, 0.15) is 17.1 Å². The molecule has 1 N–H and O–H groups in total. The largest absolute Gasteiger partial charge is 0.496 e. The molecule has 0 amide bonds. The summed E-state index contributed by atoms with van der Waals surface area (Å²) in [5, 5.41) is 11.5. The van der Waals surface area contributed by atoms with Gasteiger partial charge in [-0.1, -0.05) is 20.3 Å². The first-order valence-corrected chi connectivity index (χ1v) is 9.39. The van der Waals surface area contributed by atoms with Crippen molar-refractivity contribution in [2.24, 2.45) is 0 Å². The van der Waals surface area contributed by atoms with Gasteiger partial charge in [0.05, 0.1) is 24.2 Å². The predicted octanol–water partition coefficient (Wildman–Crippen LogP) is 4.30. The molecule has 2 heterocycles. The second-order valence-electron chi connectivity index (χ2n) is 7.59. The van der Waals surface area contributed by atoms with E-state index in [-0.39, 0.29) is 5.60 Å². The van der Waals surface area contributed by atoms with Crippen molar-refractivity contribution < 1.29 is 19.0 Å². The first-order valence-electron chi connectivity index (χ1n) is 9.39. The zero-order chi connectivity index (χ0) is 19.1. The lowest BCUT2D eigenvalue weighted by Gasteiger charge is -2.35. The van der Waals surface area contributed by atoms with Gasteiger partial charge in [-0.15, -0.1) is 0 Å². The summed E-state index contributed by atoms with van der Waals surface area (Å²) in [7, 11) is 1.58. The fraction of sp³-hybridized carbons (Fsp3) is 0.571. The Bertz CT molecular complexity index is 878. The summed E-state index contributed by atoms with van der Waals surface area (Å²) in [4.78, 5) is 12.2. The molecule has 1 aromatic heterocycles. The third kappa shape index (κ3) is 3.09. The number of methoxy groups -OCH3 is 1. The maximum absolute atomic E-state index is 12.2. The number of rotatable bonds is 5. The first kappa shape index (κ1) is 18.8. The SMILES string of the molecule is CCCc1cc(=O)oc2c(C(O)CC)c(OC)c3c(c12)OC(C)(C)CC3. The van der Waals surface area contributed by atoms with Crippen LogP contribution in [-0.2, 0) is 12.8 Å². The molecule has 1 aliphatic rings. The molecule has 0 saturated carbocycles. The third-order valence-electron chi connectivity index (χ3n) is 5.11. The minimum atomic E-state index is -0.771. The molecule has 26 heavy (non-hydrogen) atoms. The van der Waals surface area contributed by atoms with Crippen molar-refractivity contribution in [3.63, 3.8) is 0 Å². The molecule has 2 aromatic rings. The van der Waals surface area contributed by atoms with Crippen molar-refractivity contribution in [2.45, 2.75) is 71.5 Å². The molecule has 0 saturated heterocycles. The summed E-state index contributed by atoms with van der Waals surface area (Å²) in [6, 6.07) is 1.55. The summed E-state index contributed by atoms with van der Waals surface area (Å²) in [5.41, 5.74) is 2.08. The van der Waals surface area contributed by atoms with Gasteiger partial charge in [0.25, 0.3) is 0 Å². The van der Waals surface area contributed by atoms with Crippen LogP contribution in [0.2, 0.25) is 0 Å². The van der Waals surface area contributed by atoms with Gasteiger partial charge < -0.3 is 19.0 Å². The van der Waals surface area contributed by atoms with E-state index in [0.29, 0.717) is 23.3 Å².